The van der Waals surface area contributed by atoms with Crippen LogP contribution in [0.3, 0.4) is 0 Å². The second-order valence-electron chi connectivity index (χ2n) is 17.2. The fraction of sp³-hybridized carbons (Fsp3) is 0.102. The third-order valence-electron chi connectivity index (χ3n) is 13.4. The predicted octanol–water partition coefficient (Wildman–Crippen LogP) is 15.1. The second kappa shape index (κ2) is 15.6. The van der Waals surface area contributed by atoms with Gasteiger partial charge in [0.05, 0.1) is 27.6 Å². The molecule has 6 aromatic carbocycles. The number of fused-ring (bicyclic) bond motifs is 9. The Labute approximate surface area is 377 Å². The van der Waals surface area contributed by atoms with Crippen LogP contribution in [0.25, 0.3) is 100 Å². The van der Waals surface area contributed by atoms with E-state index < -0.39 is 0 Å². The molecule has 1 atom stereocenters. The van der Waals surface area contributed by atoms with Crippen molar-refractivity contribution in [1.29, 1.82) is 0 Å². The zero-order chi connectivity index (χ0) is 43.6. The van der Waals surface area contributed by atoms with Gasteiger partial charge in [0.25, 0.3) is 0 Å². The average Bonchev–Trinajstić information content (AvgIpc) is 4.00. The monoisotopic (exact) mass is 838 g/mol. The van der Waals surface area contributed by atoms with E-state index in [1.54, 1.807) is 0 Å². The Morgan fingerprint density at radius 3 is 2.03 bits per heavy atom. The molecule has 0 saturated carbocycles. The molecule has 65 heavy (non-hydrogen) atoms. The Kier molecular flexibility index (Phi) is 9.27. The number of nitrogens with zero attached hydrogens (tertiary/aromatic N) is 6. The molecule has 0 aliphatic heterocycles. The molecule has 0 N–H and O–H groups in total. The van der Waals surface area contributed by atoms with Gasteiger partial charge < -0.3 is 4.57 Å². The van der Waals surface area contributed by atoms with Crippen molar-refractivity contribution in [2.45, 2.75) is 39.0 Å². The van der Waals surface area contributed by atoms with Crippen molar-refractivity contribution >= 4 is 71.7 Å². The van der Waals surface area contributed by atoms with Gasteiger partial charge in [0.15, 0.2) is 5.82 Å². The molecule has 4 aromatic heterocycles. The van der Waals surface area contributed by atoms with E-state index in [-0.39, 0.29) is 0 Å². The van der Waals surface area contributed by atoms with E-state index in [1.807, 2.05) is 12.2 Å². The molecule has 2 aliphatic rings. The Morgan fingerprint density at radius 1 is 0.631 bits per heavy atom. The van der Waals surface area contributed by atoms with E-state index in [0.29, 0.717) is 23.6 Å². The normalized spacial score (nSPS) is 15.3. The molecule has 0 radical (unpaired) electrons. The molecule has 6 heteroatoms. The maximum absolute atomic E-state index is 5.50. The van der Waals surface area contributed by atoms with Gasteiger partial charge in [-0.05, 0) is 126 Å². The molecule has 0 fully saturated rings. The molecule has 0 unspecified atom stereocenters. The van der Waals surface area contributed by atoms with Crippen LogP contribution in [0, 0.1) is 0 Å². The predicted molar refractivity (Wildman–Crippen MR) is 272 cm³/mol. The van der Waals surface area contributed by atoms with Gasteiger partial charge in [-0.2, -0.15) is 15.0 Å². The summed E-state index contributed by atoms with van der Waals surface area (Å²) in [6.07, 6.45) is 22.0. The lowest BCUT2D eigenvalue weighted by atomic mass is 9.91. The number of allylic oxidation sites excluding steroid dienone is 10. The van der Waals surface area contributed by atoms with Crippen LogP contribution in [-0.4, -0.2) is 28.7 Å². The Hall–Kier alpha value is -8.09. The van der Waals surface area contributed by atoms with Gasteiger partial charge in [-0.1, -0.05) is 141 Å². The number of hydrogen-bond donors (Lipinski definition) is 0. The van der Waals surface area contributed by atoms with Crippen molar-refractivity contribution in [2.75, 3.05) is 0 Å². The summed E-state index contributed by atoms with van der Waals surface area (Å²) in [5, 5.41) is 5.86. The lowest BCUT2D eigenvalue weighted by Crippen LogP contribution is -2.12. The lowest BCUT2D eigenvalue weighted by molar-refractivity contribution is 0.773. The molecule has 2 aliphatic carbocycles. The van der Waals surface area contributed by atoms with Crippen LogP contribution in [0.2, 0.25) is 0 Å². The Morgan fingerprint density at radius 2 is 1.29 bits per heavy atom. The number of hydrogen-bond acceptors (Lipinski definition) is 3. The van der Waals surface area contributed by atoms with Crippen LogP contribution in [0.1, 0.15) is 61.7 Å². The summed E-state index contributed by atoms with van der Waals surface area (Å²) in [6.45, 7) is 8.34. The molecule has 0 bridgehead atoms. The molecular weight excluding hydrogens is 793 g/mol. The van der Waals surface area contributed by atoms with Crippen LogP contribution in [0.5, 0.6) is 0 Å². The molecule has 0 saturated heterocycles. The topological polar surface area (TPSA) is 53.5 Å². The van der Waals surface area contributed by atoms with Crippen molar-refractivity contribution in [2.24, 2.45) is 0 Å². The van der Waals surface area contributed by atoms with Crippen molar-refractivity contribution in [3.05, 3.63) is 211 Å². The summed E-state index contributed by atoms with van der Waals surface area (Å²) in [5.41, 5.74) is 14.8. The first kappa shape index (κ1) is 38.6. The summed E-state index contributed by atoms with van der Waals surface area (Å²) in [7, 11) is 0. The molecule has 12 rings (SSSR count). The summed E-state index contributed by atoms with van der Waals surface area (Å²) in [5.74, 6) is 2.29. The number of aromatic nitrogens is 6. The Bertz CT molecular complexity index is 3730. The highest BCUT2D eigenvalue weighted by Crippen LogP contribution is 2.42. The second-order valence-corrected chi connectivity index (χ2v) is 17.2. The summed E-state index contributed by atoms with van der Waals surface area (Å²) in [6, 6.07) is 48.4. The fourth-order valence-electron chi connectivity index (χ4n) is 10.3. The van der Waals surface area contributed by atoms with Gasteiger partial charge in [0, 0.05) is 38.3 Å². The van der Waals surface area contributed by atoms with Crippen LogP contribution in [0.4, 0.5) is 0 Å². The SMILES string of the molecule is C=C/C=C\C(=C/C)c1ccc2c(c1)c1cc(-c3ccccc3)ccc1n2-c1nc(C2=CC=CCC2)nc(-n2c3ccccc3c3cc(-n4c5c(c6ccccc64)[C@@H](C)CC=C5)ccc32)n1. The quantitative estimate of drug-likeness (QED) is 0.143. The molecule has 4 heterocycles. The minimum Gasteiger partial charge on any atom is -0.310 e. The van der Waals surface area contributed by atoms with Gasteiger partial charge in [-0.3, -0.25) is 9.13 Å². The fourth-order valence-corrected chi connectivity index (χ4v) is 10.3. The van der Waals surface area contributed by atoms with Crippen LogP contribution in [-0.2, 0) is 0 Å². The van der Waals surface area contributed by atoms with Gasteiger partial charge in [-0.25, -0.2) is 0 Å². The third kappa shape index (κ3) is 6.28. The zero-order valence-electron chi connectivity index (χ0n) is 36.5. The first-order valence-corrected chi connectivity index (χ1v) is 22.6. The van der Waals surface area contributed by atoms with Gasteiger partial charge >= 0.3 is 0 Å². The van der Waals surface area contributed by atoms with E-state index in [9.17, 15) is 0 Å². The van der Waals surface area contributed by atoms with E-state index in [0.717, 1.165) is 90.8 Å². The Balaban J connectivity index is 1.11. The third-order valence-corrected chi connectivity index (χ3v) is 13.4. The number of rotatable bonds is 8. The zero-order valence-corrected chi connectivity index (χ0v) is 36.5. The molecule has 0 amide bonds. The standard InChI is InChI=1S/C59H46N6/c1-4-6-19-39(5-2)42-29-32-52-47(35-42)48-36-43(40-20-9-7-10-21-40)30-33-53(48)65(52)59-61-57(41-22-11-8-12-23-41)60-58(62-59)64-50-26-15-13-24-45(50)49-37-44(31-34-54(49)64)63-51-27-16-14-25-46(51)56-38(3)18-17-28-55(56)63/h4-11,13-17,19-22,24-38H,1,12,18,23H2,2-3H3/b19-6-,39-5+/t38-/m0/s1. The highest BCUT2D eigenvalue weighted by molar-refractivity contribution is 6.12. The van der Waals surface area contributed by atoms with Crippen LogP contribution in [0.15, 0.2) is 189 Å². The molecule has 10 aromatic rings. The van der Waals surface area contributed by atoms with Gasteiger partial charge in [0.2, 0.25) is 11.9 Å². The smallest absolute Gasteiger partial charge is 0.240 e. The van der Waals surface area contributed by atoms with Crippen LogP contribution >= 0.6 is 0 Å². The maximum atomic E-state index is 5.50. The first-order chi connectivity index (χ1) is 32.1. The van der Waals surface area contributed by atoms with E-state index in [4.69, 9.17) is 15.0 Å². The molecule has 312 valence electrons. The van der Waals surface area contributed by atoms with E-state index in [2.05, 4.69) is 210 Å². The minimum absolute atomic E-state index is 0.446. The number of benzene rings is 6. The summed E-state index contributed by atoms with van der Waals surface area (Å²) in [4.78, 5) is 16.2. The van der Waals surface area contributed by atoms with Crippen molar-refractivity contribution in [1.82, 2.24) is 28.7 Å². The average molecular weight is 839 g/mol. The summed E-state index contributed by atoms with van der Waals surface area (Å²) < 4.78 is 6.90. The van der Waals surface area contributed by atoms with Gasteiger partial charge in [0.1, 0.15) is 0 Å². The van der Waals surface area contributed by atoms with Crippen molar-refractivity contribution in [3.63, 3.8) is 0 Å². The maximum Gasteiger partial charge on any atom is 0.240 e. The largest absolute Gasteiger partial charge is 0.310 e. The highest BCUT2D eigenvalue weighted by atomic mass is 15.3. The molecule has 0 spiro atoms. The molecular formula is C59H46N6. The lowest BCUT2D eigenvalue weighted by Gasteiger charge is -2.17. The van der Waals surface area contributed by atoms with Gasteiger partial charge in [-0.15, -0.1) is 0 Å². The minimum atomic E-state index is 0.446. The first-order valence-electron chi connectivity index (χ1n) is 22.6. The van der Waals surface area contributed by atoms with Crippen molar-refractivity contribution < 1.29 is 0 Å². The summed E-state index contributed by atoms with van der Waals surface area (Å²) >= 11 is 0. The van der Waals surface area contributed by atoms with E-state index >= 15 is 0 Å². The van der Waals surface area contributed by atoms with Crippen LogP contribution < -0.4 is 0 Å². The van der Waals surface area contributed by atoms with E-state index in [1.165, 1.54) is 27.7 Å². The van der Waals surface area contributed by atoms with Crippen molar-refractivity contribution in [3.8, 4) is 28.7 Å². The highest BCUT2D eigenvalue weighted by Gasteiger charge is 2.25. The number of para-hydroxylation sites is 2. The molecule has 6 nitrogen and oxygen atoms in total.